The summed E-state index contributed by atoms with van der Waals surface area (Å²) in [6.45, 7) is 1.99. The molecule has 0 aromatic carbocycles. The molecular weight excluding hydrogens is 268 g/mol. The number of ketones is 1. The van der Waals surface area contributed by atoms with Crippen LogP contribution in [0.5, 0.6) is 0 Å². The number of hydrogen-bond acceptors (Lipinski definition) is 5. The lowest BCUT2D eigenvalue weighted by atomic mass is 9.85. The molecule has 6 heteroatoms. The van der Waals surface area contributed by atoms with E-state index in [2.05, 4.69) is 15.1 Å². The molecule has 106 valence electrons. The van der Waals surface area contributed by atoms with Crippen molar-refractivity contribution in [2.45, 2.75) is 32.1 Å². The van der Waals surface area contributed by atoms with Gasteiger partial charge in [0.1, 0.15) is 5.76 Å². The molecule has 0 spiro atoms. The van der Waals surface area contributed by atoms with Crippen molar-refractivity contribution in [2.75, 3.05) is 0 Å². The first kappa shape index (κ1) is 12.3. The quantitative estimate of drug-likeness (QED) is 0.720. The fourth-order valence-electron chi connectivity index (χ4n) is 2.80. The monoisotopic (exact) mass is 282 g/mol. The fraction of sp³-hybridized carbons (Fsp3) is 0.333. The van der Waals surface area contributed by atoms with Crippen LogP contribution in [0.4, 0.5) is 0 Å². The molecule has 0 bridgehead atoms. The van der Waals surface area contributed by atoms with Crippen molar-refractivity contribution in [1.29, 1.82) is 0 Å². The van der Waals surface area contributed by atoms with Gasteiger partial charge in [-0.05, 0) is 12.1 Å². The van der Waals surface area contributed by atoms with E-state index >= 15 is 0 Å². The van der Waals surface area contributed by atoms with Gasteiger partial charge in [0.2, 0.25) is 0 Å². The summed E-state index contributed by atoms with van der Waals surface area (Å²) >= 11 is 0. The molecule has 3 aromatic heterocycles. The Balaban J connectivity index is 1.80. The number of rotatable bonds is 2. The van der Waals surface area contributed by atoms with Gasteiger partial charge in [-0.1, -0.05) is 6.92 Å². The number of carbonyl (C=O) groups excluding carboxylic acids is 1. The van der Waals surface area contributed by atoms with Gasteiger partial charge in [0.15, 0.2) is 11.6 Å². The van der Waals surface area contributed by atoms with Crippen LogP contribution in [-0.2, 0) is 12.8 Å². The number of furan rings is 1. The van der Waals surface area contributed by atoms with Crippen LogP contribution >= 0.6 is 0 Å². The Hall–Kier alpha value is -2.50. The average molecular weight is 282 g/mol. The summed E-state index contributed by atoms with van der Waals surface area (Å²) in [7, 11) is 0. The normalized spacial score (nSPS) is 18.1. The maximum Gasteiger partial charge on any atom is 0.252 e. The third kappa shape index (κ3) is 1.94. The molecule has 0 fully saturated rings. The molecule has 3 heterocycles. The van der Waals surface area contributed by atoms with Gasteiger partial charge in [0.05, 0.1) is 17.5 Å². The minimum Gasteiger partial charge on any atom is -0.469 e. The lowest BCUT2D eigenvalue weighted by Crippen LogP contribution is -2.21. The second-order valence-corrected chi connectivity index (χ2v) is 5.27. The summed E-state index contributed by atoms with van der Waals surface area (Å²) in [4.78, 5) is 21.2. The van der Waals surface area contributed by atoms with Gasteiger partial charge in [-0.15, -0.1) is 5.10 Å². The van der Waals surface area contributed by atoms with Crippen LogP contribution in [0.2, 0.25) is 0 Å². The Morgan fingerprint density at radius 1 is 1.38 bits per heavy atom. The minimum atomic E-state index is 0.0588. The van der Waals surface area contributed by atoms with Crippen molar-refractivity contribution in [3.05, 3.63) is 47.4 Å². The highest BCUT2D eigenvalue weighted by atomic mass is 16.3. The highest BCUT2D eigenvalue weighted by molar-refractivity contribution is 5.98. The van der Waals surface area contributed by atoms with E-state index in [1.807, 2.05) is 19.1 Å². The molecule has 6 nitrogen and oxygen atoms in total. The van der Waals surface area contributed by atoms with Crippen molar-refractivity contribution in [3.8, 4) is 0 Å². The molecule has 0 amide bonds. The third-order valence-electron chi connectivity index (χ3n) is 3.89. The molecule has 0 saturated carbocycles. The molecule has 4 rings (SSSR count). The van der Waals surface area contributed by atoms with Crippen LogP contribution in [0.3, 0.4) is 0 Å². The summed E-state index contributed by atoms with van der Waals surface area (Å²) < 4.78 is 7.03. The Morgan fingerprint density at radius 2 is 2.29 bits per heavy atom. The Bertz CT molecular complexity index is 820. The van der Waals surface area contributed by atoms with Gasteiger partial charge < -0.3 is 4.42 Å². The van der Waals surface area contributed by atoms with E-state index in [9.17, 15) is 4.79 Å². The van der Waals surface area contributed by atoms with Crippen LogP contribution in [0, 0.1) is 0 Å². The summed E-state index contributed by atoms with van der Waals surface area (Å²) in [5, 5.41) is 4.32. The number of carbonyl (C=O) groups is 1. The van der Waals surface area contributed by atoms with E-state index in [0.717, 1.165) is 23.7 Å². The fourth-order valence-corrected chi connectivity index (χ4v) is 2.80. The van der Waals surface area contributed by atoms with Crippen molar-refractivity contribution in [1.82, 2.24) is 19.6 Å². The molecule has 1 aliphatic rings. The number of aryl methyl sites for hydroxylation is 1. The molecule has 3 aromatic rings. The number of fused-ring (bicyclic) bond motifs is 2. The molecular formula is C15H14N4O2. The minimum absolute atomic E-state index is 0.0588. The molecule has 0 radical (unpaired) electrons. The lowest BCUT2D eigenvalue weighted by Gasteiger charge is -2.20. The van der Waals surface area contributed by atoms with E-state index in [1.165, 1.54) is 0 Å². The predicted octanol–water partition coefficient (Wildman–Crippen LogP) is 2.19. The Kier molecular flexibility index (Phi) is 2.63. The van der Waals surface area contributed by atoms with Gasteiger partial charge >= 0.3 is 0 Å². The SMILES string of the molecule is CCc1nc2nc3c(cn2n1)C(=O)CC(c1ccco1)C3. The first-order valence-electron chi connectivity index (χ1n) is 7.06. The van der Waals surface area contributed by atoms with Gasteiger partial charge in [-0.25, -0.2) is 9.50 Å². The largest absolute Gasteiger partial charge is 0.469 e. The van der Waals surface area contributed by atoms with E-state index in [4.69, 9.17) is 4.42 Å². The Labute approximate surface area is 120 Å². The van der Waals surface area contributed by atoms with Gasteiger partial charge in [-0.2, -0.15) is 4.98 Å². The first-order chi connectivity index (χ1) is 10.2. The van der Waals surface area contributed by atoms with Crippen LogP contribution in [-0.4, -0.2) is 25.4 Å². The first-order valence-corrected chi connectivity index (χ1v) is 7.06. The highest BCUT2D eigenvalue weighted by Gasteiger charge is 2.29. The summed E-state index contributed by atoms with van der Waals surface area (Å²) in [6, 6.07) is 3.76. The van der Waals surface area contributed by atoms with Gasteiger partial charge in [0, 0.05) is 31.4 Å². The maximum atomic E-state index is 12.4. The molecule has 1 atom stereocenters. The lowest BCUT2D eigenvalue weighted by molar-refractivity contribution is 0.0958. The van der Waals surface area contributed by atoms with Gasteiger partial charge in [-0.3, -0.25) is 4.79 Å². The number of Topliss-reactive ketones (excluding diaryl/α,β-unsaturated/α-hetero) is 1. The van der Waals surface area contributed by atoms with E-state index in [0.29, 0.717) is 24.2 Å². The molecule has 1 aliphatic carbocycles. The van der Waals surface area contributed by atoms with Crippen molar-refractivity contribution < 1.29 is 9.21 Å². The zero-order valence-corrected chi connectivity index (χ0v) is 11.6. The number of hydrogen-bond donors (Lipinski definition) is 0. The molecule has 0 aliphatic heterocycles. The summed E-state index contributed by atoms with van der Waals surface area (Å²) in [5.74, 6) is 2.27. The maximum absolute atomic E-state index is 12.4. The zero-order valence-electron chi connectivity index (χ0n) is 11.6. The molecule has 21 heavy (non-hydrogen) atoms. The van der Waals surface area contributed by atoms with Crippen LogP contribution in [0.1, 0.15) is 46.9 Å². The second-order valence-electron chi connectivity index (χ2n) is 5.27. The summed E-state index contributed by atoms with van der Waals surface area (Å²) in [6.07, 6.45) is 5.28. The summed E-state index contributed by atoms with van der Waals surface area (Å²) in [5.41, 5.74) is 1.44. The second kappa shape index (κ2) is 4.51. The van der Waals surface area contributed by atoms with E-state index < -0.39 is 0 Å². The topological polar surface area (TPSA) is 73.3 Å². The number of aromatic nitrogens is 4. The van der Waals surface area contributed by atoms with Crippen LogP contribution < -0.4 is 0 Å². The predicted molar refractivity (Wildman–Crippen MR) is 74.3 cm³/mol. The third-order valence-corrected chi connectivity index (χ3v) is 3.89. The average Bonchev–Trinajstić information content (AvgIpc) is 3.14. The Morgan fingerprint density at radius 3 is 3.05 bits per heavy atom. The van der Waals surface area contributed by atoms with Crippen LogP contribution in [0.25, 0.3) is 5.78 Å². The highest BCUT2D eigenvalue weighted by Crippen LogP contribution is 2.32. The van der Waals surface area contributed by atoms with E-state index in [-0.39, 0.29) is 11.7 Å². The van der Waals surface area contributed by atoms with Crippen molar-refractivity contribution >= 4 is 11.6 Å². The van der Waals surface area contributed by atoms with Crippen LogP contribution in [0.15, 0.2) is 29.0 Å². The molecule has 1 unspecified atom stereocenters. The molecule has 0 N–H and O–H groups in total. The zero-order chi connectivity index (χ0) is 14.4. The molecule has 0 saturated heterocycles. The van der Waals surface area contributed by atoms with Crippen molar-refractivity contribution in [2.24, 2.45) is 0 Å². The van der Waals surface area contributed by atoms with E-state index in [1.54, 1.807) is 17.0 Å². The van der Waals surface area contributed by atoms with Gasteiger partial charge in [0.25, 0.3) is 5.78 Å². The smallest absolute Gasteiger partial charge is 0.252 e. The van der Waals surface area contributed by atoms with Crippen molar-refractivity contribution in [3.63, 3.8) is 0 Å². The number of nitrogens with zero attached hydrogens (tertiary/aromatic N) is 4. The standard InChI is InChI=1S/C15H14N4O2/c1-2-14-17-15-16-11-6-9(13-4-3-5-21-13)7-12(20)10(11)8-19(15)18-14/h3-5,8-9H,2,6-7H2,1H3.